The molecule has 164 valence electrons. The van der Waals surface area contributed by atoms with Crippen molar-refractivity contribution in [3.05, 3.63) is 65.2 Å². The van der Waals surface area contributed by atoms with Gasteiger partial charge in [-0.3, -0.25) is 0 Å². The van der Waals surface area contributed by atoms with E-state index in [0.717, 1.165) is 17.7 Å². The SMILES string of the molecule is COC(=O)COc1ccc(CC(C)NC(C)C(O)c2cccc(C(F)(F)F)c2)cc1. The van der Waals surface area contributed by atoms with E-state index in [1.807, 2.05) is 19.1 Å². The topological polar surface area (TPSA) is 67.8 Å². The van der Waals surface area contributed by atoms with Gasteiger partial charge in [0.2, 0.25) is 0 Å². The van der Waals surface area contributed by atoms with Crippen molar-refractivity contribution in [2.75, 3.05) is 13.7 Å². The van der Waals surface area contributed by atoms with Crippen LogP contribution in [0.1, 0.15) is 36.6 Å². The van der Waals surface area contributed by atoms with Crippen molar-refractivity contribution in [1.82, 2.24) is 5.32 Å². The molecule has 30 heavy (non-hydrogen) atoms. The van der Waals surface area contributed by atoms with E-state index in [1.165, 1.54) is 19.2 Å². The molecule has 0 aliphatic heterocycles. The van der Waals surface area contributed by atoms with E-state index >= 15 is 0 Å². The Morgan fingerprint density at radius 3 is 2.40 bits per heavy atom. The summed E-state index contributed by atoms with van der Waals surface area (Å²) in [5, 5.41) is 13.7. The van der Waals surface area contributed by atoms with Crippen LogP contribution in [0.5, 0.6) is 5.75 Å². The number of carbonyl (C=O) groups excluding carboxylic acids is 1. The largest absolute Gasteiger partial charge is 0.482 e. The molecule has 2 aromatic rings. The molecular formula is C22H26F3NO4. The van der Waals surface area contributed by atoms with E-state index in [-0.39, 0.29) is 18.2 Å². The van der Waals surface area contributed by atoms with Crippen molar-refractivity contribution in [2.24, 2.45) is 0 Å². The van der Waals surface area contributed by atoms with E-state index < -0.39 is 29.9 Å². The van der Waals surface area contributed by atoms with Crippen molar-refractivity contribution < 1.29 is 32.5 Å². The summed E-state index contributed by atoms with van der Waals surface area (Å²) in [7, 11) is 1.29. The molecule has 3 atom stereocenters. The molecule has 0 spiro atoms. The predicted octanol–water partition coefficient (Wildman–Crippen LogP) is 3.90. The minimum Gasteiger partial charge on any atom is -0.482 e. The molecule has 0 saturated heterocycles. The van der Waals surface area contributed by atoms with Crippen LogP contribution in [0, 0.1) is 0 Å². The lowest BCUT2D eigenvalue weighted by Gasteiger charge is -2.25. The number of nitrogens with one attached hydrogen (secondary N) is 1. The number of benzene rings is 2. The van der Waals surface area contributed by atoms with Gasteiger partial charge in [-0.15, -0.1) is 0 Å². The van der Waals surface area contributed by atoms with Gasteiger partial charge in [-0.25, -0.2) is 4.79 Å². The van der Waals surface area contributed by atoms with Crippen molar-refractivity contribution in [2.45, 2.75) is 44.6 Å². The third-order valence-corrected chi connectivity index (χ3v) is 4.63. The first kappa shape index (κ1) is 23.7. The van der Waals surface area contributed by atoms with Gasteiger partial charge >= 0.3 is 12.1 Å². The maximum absolute atomic E-state index is 12.9. The van der Waals surface area contributed by atoms with Gasteiger partial charge in [0.05, 0.1) is 18.8 Å². The van der Waals surface area contributed by atoms with E-state index in [1.54, 1.807) is 19.1 Å². The molecule has 2 N–H and O–H groups in total. The number of hydrogen-bond donors (Lipinski definition) is 2. The number of halogens is 3. The van der Waals surface area contributed by atoms with Crippen molar-refractivity contribution >= 4 is 5.97 Å². The van der Waals surface area contributed by atoms with Gasteiger partial charge < -0.3 is 19.9 Å². The normalized spacial score (nSPS) is 14.6. The zero-order valence-corrected chi connectivity index (χ0v) is 17.1. The number of carbonyl (C=O) groups is 1. The van der Waals surface area contributed by atoms with Gasteiger partial charge in [0.15, 0.2) is 6.61 Å². The Bertz CT molecular complexity index is 824. The maximum Gasteiger partial charge on any atom is 0.416 e. The van der Waals surface area contributed by atoms with Gasteiger partial charge in [-0.1, -0.05) is 24.3 Å². The Morgan fingerprint density at radius 1 is 1.13 bits per heavy atom. The minimum atomic E-state index is -4.45. The third kappa shape index (κ3) is 7.03. The first-order chi connectivity index (χ1) is 14.1. The van der Waals surface area contributed by atoms with Crippen LogP contribution in [-0.4, -0.2) is 36.9 Å². The Morgan fingerprint density at radius 2 is 1.80 bits per heavy atom. The van der Waals surface area contributed by atoms with Crippen LogP contribution in [0.25, 0.3) is 0 Å². The second-order valence-corrected chi connectivity index (χ2v) is 7.14. The van der Waals surface area contributed by atoms with Crippen LogP contribution < -0.4 is 10.1 Å². The lowest BCUT2D eigenvalue weighted by molar-refractivity contribution is -0.143. The molecule has 0 bridgehead atoms. The molecule has 0 fully saturated rings. The fourth-order valence-electron chi connectivity index (χ4n) is 3.06. The number of methoxy groups -OCH3 is 1. The Labute approximate surface area is 173 Å². The van der Waals surface area contributed by atoms with Crippen molar-refractivity contribution in [1.29, 1.82) is 0 Å². The smallest absolute Gasteiger partial charge is 0.416 e. The number of ether oxygens (including phenoxy) is 2. The van der Waals surface area contributed by atoms with Crippen molar-refractivity contribution in [3.63, 3.8) is 0 Å². The molecule has 8 heteroatoms. The average molecular weight is 425 g/mol. The van der Waals surface area contributed by atoms with E-state index in [4.69, 9.17) is 4.74 Å². The Balaban J connectivity index is 1.91. The van der Waals surface area contributed by atoms with Gasteiger partial charge in [0.1, 0.15) is 5.75 Å². The molecule has 0 saturated carbocycles. The van der Waals surface area contributed by atoms with Crippen molar-refractivity contribution in [3.8, 4) is 5.75 Å². The Hall–Kier alpha value is -2.58. The van der Waals surface area contributed by atoms with Crippen LogP contribution >= 0.6 is 0 Å². The fourth-order valence-corrected chi connectivity index (χ4v) is 3.06. The number of alkyl halides is 3. The first-order valence-electron chi connectivity index (χ1n) is 9.50. The van der Waals surface area contributed by atoms with Crippen LogP contribution in [0.4, 0.5) is 13.2 Å². The van der Waals surface area contributed by atoms with Crippen LogP contribution in [0.3, 0.4) is 0 Å². The number of aliphatic hydroxyl groups excluding tert-OH is 1. The molecule has 0 heterocycles. The highest BCUT2D eigenvalue weighted by atomic mass is 19.4. The second kappa shape index (κ2) is 10.4. The summed E-state index contributed by atoms with van der Waals surface area (Å²) in [4.78, 5) is 11.1. The number of rotatable bonds is 9. The Kier molecular flexibility index (Phi) is 8.25. The number of esters is 1. The first-order valence-corrected chi connectivity index (χ1v) is 9.50. The van der Waals surface area contributed by atoms with Gasteiger partial charge in [0, 0.05) is 12.1 Å². The summed E-state index contributed by atoms with van der Waals surface area (Å²) < 4.78 is 48.5. The summed E-state index contributed by atoms with van der Waals surface area (Å²) >= 11 is 0. The maximum atomic E-state index is 12.9. The summed E-state index contributed by atoms with van der Waals surface area (Å²) in [5.74, 6) is 0.0725. The molecule has 2 rings (SSSR count). The molecule has 0 aliphatic carbocycles. The predicted molar refractivity (Wildman–Crippen MR) is 106 cm³/mol. The monoisotopic (exact) mass is 425 g/mol. The van der Waals surface area contributed by atoms with E-state index in [0.29, 0.717) is 12.2 Å². The minimum absolute atomic E-state index is 0.0395. The highest BCUT2D eigenvalue weighted by Gasteiger charge is 2.31. The number of aliphatic hydroxyl groups is 1. The highest BCUT2D eigenvalue weighted by molar-refractivity contribution is 5.70. The highest BCUT2D eigenvalue weighted by Crippen LogP contribution is 2.31. The molecule has 0 aliphatic rings. The summed E-state index contributed by atoms with van der Waals surface area (Å²) in [5.41, 5.74) is 0.430. The van der Waals surface area contributed by atoms with Gasteiger partial charge in [-0.2, -0.15) is 13.2 Å². The fraction of sp³-hybridized carbons (Fsp3) is 0.409. The molecule has 0 aromatic heterocycles. The standard InChI is InChI=1S/C22H26F3NO4/c1-14(11-16-7-9-19(10-8-16)30-13-20(27)29-3)26-15(2)21(28)17-5-4-6-18(12-17)22(23,24)25/h4-10,12,14-15,21,26,28H,11,13H2,1-3H3. The zero-order chi connectivity index (χ0) is 22.3. The quantitative estimate of drug-likeness (QED) is 0.597. The number of hydrogen-bond acceptors (Lipinski definition) is 5. The van der Waals surface area contributed by atoms with Crippen LogP contribution in [0.2, 0.25) is 0 Å². The zero-order valence-electron chi connectivity index (χ0n) is 17.1. The summed E-state index contributed by atoms with van der Waals surface area (Å²) in [6, 6.07) is 11.4. The molecule has 0 radical (unpaired) electrons. The lowest BCUT2D eigenvalue weighted by atomic mass is 9.99. The van der Waals surface area contributed by atoms with Gasteiger partial charge in [-0.05, 0) is 55.7 Å². The summed E-state index contributed by atoms with van der Waals surface area (Å²) in [6.07, 6.45) is -4.90. The molecule has 3 unspecified atom stereocenters. The average Bonchev–Trinajstić information content (AvgIpc) is 2.71. The van der Waals surface area contributed by atoms with E-state index in [2.05, 4.69) is 10.1 Å². The molecule has 2 aromatic carbocycles. The van der Waals surface area contributed by atoms with E-state index in [9.17, 15) is 23.1 Å². The molecule has 5 nitrogen and oxygen atoms in total. The summed E-state index contributed by atoms with van der Waals surface area (Å²) in [6.45, 7) is 3.49. The lowest BCUT2D eigenvalue weighted by Crippen LogP contribution is -2.39. The van der Waals surface area contributed by atoms with Crippen LogP contribution in [0.15, 0.2) is 48.5 Å². The van der Waals surface area contributed by atoms with Gasteiger partial charge in [0.25, 0.3) is 0 Å². The second-order valence-electron chi connectivity index (χ2n) is 7.14. The molecule has 0 amide bonds. The third-order valence-electron chi connectivity index (χ3n) is 4.63. The van der Waals surface area contributed by atoms with Crippen LogP contribution in [-0.2, 0) is 22.1 Å². The molecular weight excluding hydrogens is 399 g/mol.